The van der Waals surface area contributed by atoms with Crippen LogP contribution in [0.5, 0.6) is 0 Å². The molecule has 0 heterocycles. The molecule has 6 heteroatoms. The lowest BCUT2D eigenvalue weighted by molar-refractivity contribution is 0.0526. The molecular formula is C18H19ClN2O2S. The minimum absolute atomic E-state index is 0.326. The molecule has 0 atom stereocenters. The molecule has 0 aliphatic carbocycles. The number of nitrogens with one attached hydrogen (secondary N) is 2. The van der Waals surface area contributed by atoms with E-state index in [2.05, 4.69) is 10.6 Å². The van der Waals surface area contributed by atoms with Gasteiger partial charge < -0.3 is 15.4 Å². The van der Waals surface area contributed by atoms with Crippen molar-refractivity contribution >= 4 is 40.6 Å². The van der Waals surface area contributed by atoms with Crippen molar-refractivity contribution in [3.63, 3.8) is 0 Å². The van der Waals surface area contributed by atoms with Gasteiger partial charge in [-0.05, 0) is 67.5 Å². The maximum absolute atomic E-state index is 11.6. The lowest BCUT2D eigenvalue weighted by Crippen LogP contribution is -2.30. The highest BCUT2D eigenvalue weighted by molar-refractivity contribution is 7.80. The third kappa shape index (κ3) is 5.83. The van der Waals surface area contributed by atoms with Crippen LogP contribution in [0.2, 0.25) is 5.02 Å². The number of hydrogen-bond donors (Lipinski definition) is 2. The molecule has 2 N–H and O–H groups in total. The fraction of sp³-hybridized carbons (Fsp3) is 0.222. The van der Waals surface area contributed by atoms with Crippen molar-refractivity contribution < 1.29 is 9.53 Å². The molecule has 2 aromatic carbocycles. The van der Waals surface area contributed by atoms with Gasteiger partial charge in [-0.25, -0.2) is 4.79 Å². The fourth-order valence-corrected chi connectivity index (χ4v) is 2.40. The van der Waals surface area contributed by atoms with Gasteiger partial charge in [0.25, 0.3) is 0 Å². The Bertz CT molecular complexity index is 687. The highest BCUT2D eigenvalue weighted by atomic mass is 35.5. The smallest absolute Gasteiger partial charge is 0.338 e. The predicted octanol–water partition coefficient (Wildman–Crippen LogP) is 4.05. The number of carbonyl (C=O) groups excluding carboxylic acids is 1. The third-order valence-corrected chi connectivity index (χ3v) is 3.76. The maximum Gasteiger partial charge on any atom is 0.338 e. The van der Waals surface area contributed by atoms with E-state index >= 15 is 0 Å². The number of ether oxygens (including phenoxy) is 1. The summed E-state index contributed by atoms with van der Waals surface area (Å²) >= 11 is 11.1. The van der Waals surface area contributed by atoms with Crippen molar-refractivity contribution in [2.24, 2.45) is 0 Å². The van der Waals surface area contributed by atoms with Crippen molar-refractivity contribution in [2.45, 2.75) is 13.3 Å². The molecule has 0 radical (unpaired) electrons. The molecule has 2 rings (SSSR count). The average Bonchev–Trinajstić information content (AvgIpc) is 2.57. The zero-order valence-corrected chi connectivity index (χ0v) is 14.9. The summed E-state index contributed by atoms with van der Waals surface area (Å²) in [6.45, 7) is 2.86. The van der Waals surface area contributed by atoms with Gasteiger partial charge in [0.05, 0.1) is 12.2 Å². The van der Waals surface area contributed by atoms with Crippen molar-refractivity contribution in [1.82, 2.24) is 5.32 Å². The molecule has 0 saturated carbocycles. The number of halogens is 1. The van der Waals surface area contributed by atoms with Gasteiger partial charge in [0.15, 0.2) is 5.11 Å². The van der Waals surface area contributed by atoms with Gasteiger partial charge >= 0.3 is 5.97 Å². The molecule has 126 valence electrons. The SMILES string of the molecule is CCOC(=O)c1ccc(NC(=S)NCCc2ccc(Cl)cc2)cc1. The second kappa shape index (κ2) is 9.25. The van der Waals surface area contributed by atoms with Crippen LogP contribution in [0.25, 0.3) is 0 Å². The van der Waals surface area contributed by atoms with Gasteiger partial charge in [-0.3, -0.25) is 0 Å². The summed E-state index contributed by atoms with van der Waals surface area (Å²) in [6, 6.07) is 14.7. The van der Waals surface area contributed by atoms with E-state index in [1.165, 1.54) is 5.56 Å². The van der Waals surface area contributed by atoms with Gasteiger partial charge in [-0.2, -0.15) is 0 Å². The normalized spacial score (nSPS) is 10.1. The summed E-state index contributed by atoms with van der Waals surface area (Å²) in [7, 11) is 0. The van der Waals surface area contributed by atoms with Gasteiger partial charge in [0.2, 0.25) is 0 Å². The highest BCUT2D eigenvalue weighted by Crippen LogP contribution is 2.11. The van der Waals surface area contributed by atoms with E-state index in [1.54, 1.807) is 31.2 Å². The second-order valence-electron chi connectivity index (χ2n) is 5.06. The molecule has 0 aromatic heterocycles. The Labute approximate surface area is 152 Å². The minimum Gasteiger partial charge on any atom is -0.462 e. The average molecular weight is 363 g/mol. The summed E-state index contributed by atoms with van der Waals surface area (Å²) in [5.41, 5.74) is 2.52. The molecule has 0 bridgehead atoms. The first-order valence-electron chi connectivity index (χ1n) is 7.65. The predicted molar refractivity (Wildman–Crippen MR) is 102 cm³/mol. The van der Waals surface area contributed by atoms with Crippen molar-refractivity contribution in [1.29, 1.82) is 0 Å². The first kappa shape index (κ1) is 18.2. The zero-order valence-electron chi connectivity index (χ0n) is 13.3. The number of carbonyl (C=O) groups is 1. The molecule has 24 heavy (non-hydrogen) atoms. The first-order chi connectivity index (χ1) is 11.6. The number of esters is 1. The van der Waals surface area contributed by atoms with Crippen molar-refractivity contribution in [3.8, 4) is 0 Å². The third-order valence-electron chi connectivity index (χ3n) is 3.27. The number of benzene rings is 2. The maximum atomic E-state index is 11.6. The largest absolute Gasteiger partial charge is 0.462 e. The lowest BCUT2D eigenvalue weighted by Gasteiger charge is -2.11. The van der Waals surface area contributed by atoms with E-state index in [9.17, 15) is 4.79 Å². The minimum atomic E-state index is -0.326. The molecule has 0 amide bonds. The van der Waals surface area contributed by atoms with E-state index in [0.29, 0.717) is 23.8 Å². The van der Waals surface area contributed by atoms with Crippen LogP contribution >= 0.6 is 23.8 Å². The van der Waals surface area contributed by atoms with Crippen LogP contribution in [0.4, 0.5) is 5.69 Å². The standard InChI is InChI=1S/C18H19ClN2O2S/c1-2-23-17(22)14-5-9-16(10-6-14)21-18(24)20-12-11-13-3-7-15(19)8-4-13/h3-10H,2,11-12H2,1H3,(H2,20,21,24). The Morgan fingerprint density at radius 2 is 1.79 bits per heavy atom. The van der Waals surface area contributed by atoms with Gasteiger partial charge in [0.1, 0.15) is 0 Å². The highest BCUT2D eigenvalue weighted by Gasteiger charge is 2.06. The van der Waals surface area contributed by atoms with Crippen LogP contribution in [0.15, 0.2) is 48.5 Å². The summed E-state index contributed by atoms with van der Waals surface area (Å²) in [5, 5.41) is 7.50. The molecule has 0 fully saturated rings. The summed E-state index contributed by atoms with van der Waals surface area (Å²) < 4.78 is 4.95. The van der Waals surface area contributed by atoms with E-state index in [1.807, 2.05) is 24.3 Å². The number of anilines is 1. The summed E-state index contributed by atoms with van der Waals surface area (Å²) in [5.74, 6) is -0.326. The monoisotopic (exact) mass is 362 g/mol. The molecule has 0 aliphatic heterocycles. The molecule has 2 aromatic rings. The van der Waals surface area contributed by atoms with Crippen molar-refractivity contribution in [2.75, 3.05) is 18.5 Å². The molecule has 4 nitrogen and oxygen atoms in total. The Morgan fingerprint density at radius 1 is 1.12 bits per heavy atom. The number of thiocarbonyl (C=S) groups is 1. The van der Waals surface area contributed by atoms with Gasteiger partial charge in [-0.15, -0.1) is 0 Å². The summed E-state index contributed by atoms with van der Waals surface area (Å²) in [6.07, 6.45) is 0.848. The Hall–Kier alpha value is -2.11. The zero-order chi connectivity index (χ0) is 17.4. The van der Waals surface area contributed by atoms with Crippen LogP contribution in [0, 0.1) is 0 Å². The first-order valence-corrected chi connectivity index (χ1v) is 8.43. The van der Waals surface area contributed by atoms with Crippen LogP contribution in [0.1, 0.15) is 22.8 Å². The fourth-order valence-electron chi connectivity index (χ4n) is 2.05. The number of hydrogen-bond acceptors (Lipinski definition) is 3. The molecule has 0 spiro atoms. The number of rotatable bonds is 6. The molecule has 0 unspecified atom stereocenters. The van der Waals surface area contributed by atoms with E-state index < -0.39 is 0 Å². The Balaban J connectivity index is 1.77. The van der Waals surface area contributed by atoms with Crippen molar-refractivity contribution in [3.05, 3.63) is 64.7 Å². The molecular weight excluding hydrogens is 344 g/mol. The molecule has 0 aliphatic rings. The van der Waals surface area contributed by atoms with E-state index in [0.717, 1.165) is 17.1 Å². The van der Waals surface area contributed by atoms with E-state index in [4.69, 9.17) is 28.6 Å². The topological polar surface area (TPSA) is 50.4 Å². The second-order valence-corrected chi connectivity index (χ2v) is 5.90. The molecule has 0 saturated heterocycles. The lowest BCUT2D eigenvalue weighted by atomic mass is 10.1. The van der Waals surface area contributed by atoms with Crippen LogP contribution in [-0.4, -0.2) is 24.2 Å². The van der Waals surface area contributed by atoms with Gasteiger partial charge in [-0.1, -0.05) is 23.7 Å². The van der Waals surface area contributed by atoms with E-state index in [-0.39, 0.29) is 5.97 Å². The quantitative estimate of drug-likeness (QED) is 0.599. The summed E-state index contributed by atoms with van der Waals surface area (Å²) in [4.78, 5) is 11.6. The Kier molecular flexibility index (Phi) is 7.03. The van der Waals surface area contributed by atoms with Crippen LogP contribution < -0.4 is 10.6 Å². The Morgan fingerprint density at radius 3 is 2.42 bits per heavy atom. The van der Waals surface area contributed by atoms with Crippen LogP contribution in [-0.2, 0) is 11.2 Å². The van der Waals surface area contributed by atoms with Gasteiger partial charge in [0, 0.05) is 17.3 Å². The van der Waals surface area contributed by atoms with Crippen LogP contribution in [0.3, 0.4) is 0 Å².